The number of nitrogens with one attached hydrogen (secondary N) is 1. The molecule has 5 nitrogen and oxygen atoms in total. The zero-order valence-corrected chi connectivity index (χ0v) is 11.8. The highest BCUT2D eigenvalue weighted by Gasteiger charge is 2.22. The molecule has 3 rings (SSSR count). The molecule has 104 valence electrons. The smallest absolute Gasteiger partial charge is 0.224 e. The number of halogens is 1. The van der Waals surface area contributed by atoms with Crippen LogP contribution in [0.2, 0.25) is 5.28 Å². The van der Waals surface area contributed by atoms with Gasteiger partial charge in [-0.2, -0.15) is 4.98 Å². The van der Waals surface area contributed by atoms with Crippen LogP contribution in [-0.4, -0.2) is 22.6 Å². The van der Waals surface area contributed by atoms with Crippen LogP contribution in [0.1, 0.15) is 11.3 Å². The average molecular weight is 291 g/mol. The van der Waals surface area contributed by atoms with Gasteiger partial charge in [0.05, 0.1) is 17.9 Å². The van der Waals surface area contributed by atoms with Crippen molar-refractivity contribution in [1.29, 1.82) is 0 Å². The number of rotatable bonds is 3. The summed E-state index contributed by atoms with van der Waals surface area (Å²) in [5.74, 6) is 1.51. The number of nitrogen functional groups attached to an aromatic ring is 1. The predicted octanol–water partition coefficient (Wildman–Crippen LogP) is 2.44. The molecule has 1 atom stereocenters. The van der Waals surface area contributed by atoms with Crippen molar-refractivity contribution in [3.8, 4) is 5.75 Å². The summed E-state index contributed by atoms with van der Waals surface area (Å²) in [6.45, 7) is 2.42. The summed E-state index contributed by atoms with van der Waals surface area (Å²) in [7, 11) is 0. The summed E-state index contributed by atoms with van der Waals surface area (Å²) >= 11 is 5.84. The monoisotopic (exact) mass is 290 g/mol. The van der Waals surface area contributed by atoms with E-state index in [-0.39, 0.29) is 11.4 Å². The van der Waals surface area contributed by atoms with E-state index >= 15 is 0 Å². The predicted molar refractivity (Wildman–Crippen MR) is 79.2 cm³/mol. The first-order valence-electron chi connectivity index (χ1n) is 6.41. The SMILES string of the molecule is Cc1nc(Cl)nc(NCC2Cc3ccccc3O2)c1N. The van der Waals surface area contributed by atoms with E-state index in [1.807, 2.05) is 18.2 Å². The van der Waals surface area contributed by atoms with Crippen LogP contribution in [-0.2, 0) is 6.42 Å². The first kappa shape index (κ1) is 13.0. The maximum absolute atomic E-state index is 5.93. The third-order valence-electron chi connectivity index (χ3n) is 3.32. The van der Waals surface area contributed by atoms with E-state index in [9.17, 15) is 0 Å². The Morgan fingerprint density at radius 2 is 2.20 bits per heavy atom. The average Bonchev–Trinajstić information content (AvgIpc) is 2.84. The van der Waals surface area contributed by atoms with Crippen molar-refractivity contribution < 1.29 is 4.74 Å². The van der Waals surface area contributed by atoms with E-state index in [1.54, 1.807) is 6.92 Å². The van der Waals surface area contributed by atoms with Crippen LogP contribution in [0, 0.1) is 6.92 Å². The largest absolute Gasteiger partial charge is 0.488 e. The number of nitrogens with two attached hydrogens (primary N) is 1. The zero-order chi connectivity index (χ0) is 14.1. The van der Waals surface area contributed by atoms with Crippen LogP contribution in [0.5, 0.6) is 5.75 Å². The molecule has 1 aliphatic rings. The van der Waals surface area contributed by atoms with Gasteiger partial charge in [-0.05, 0) is 30.2 Å². The normalized spacial score (nSPS) is 16.6. The lowest BCUT2D eigenvalue weighted by Gasteiger charge is -2.14. The minimum Gasteiger partial charge on any atom is -0.488 e. The van der Waals surface area contributed by atoms with Gasteiger partial charge >= 0.3 is 0 Å². The molecule has 1 unspecified atom stereocenters. The molecule has 20 heavy (non-hydrogen) atoms. The summed E-state index contributed by atoms with van der Waals surface area (Å²) in [4.78, 5) is 8.11. The molecular formula is C14H15ClN4O. The van der Waals surface area contributed by atoms with E-state index < -0.39 is 0 Å². The summed E-state index contributed by atoms with van der Waals surface area (Å²) in [6, 6.07) is 8.05. The summed E-state index contributed by atoms with van der Waals surface area (Å²) in [6.07, 6.45) is 0.946. The molecule has 0 spiro atoms. The Bertz CT molecular complexity index is 622. The number of nitrogens with zero attached hydrogens (tertiary/aromatic N) is 2. The Kier molecular flexibility index (Phi) is 3.36. The first-order valence-corrected chi connectivity index (χ1v) is 6.79. The van der Waals surface area contributed by atoms with Crippen molar-refractivity contribution in [1.82, 2.24) is 9.97 Å². The van der Waals surface area contributed by atoms with Gasteiger partial charge in [0.15, 0.2) is 5.82 Å². The highest BCUT2D eigenvalue weighted by Crippen LogP contribution is 2.28. The van der Waals surface area contributed by atoms with Crippen LogP contribution < -0.4 is 15.8 Å². The van der Waals surface area contributed by atoms with Crippen LogP contribution in [0.15, 0.2) is 24.3 Å². The number of benzene rings is 1. The molecule has 0 amide bonds. The van der Waals surface area contributed by atoms with Crippen molar-refractivity contribution in [2.75, 3.05) is 17.6 Å². The second kappa shape index (κ2) is 5.17. The molecule has 1 aromatic carbocycles. The highest BCUT2D eigenvalue weighted by atomic mass is 35.5. The topological polar surface area (TPSA) is 73.1 Å². The van der Waals surface area contributed by atoms with E-state index in [2.05, 4.69) is 21.4 Å². The van der Waals surface area contributed by atoms with Crippen molar-refractivity contribution in [3.05, 3.63) is 40.8 Å². The lowest BCUT2D eigenvalue weighted by molar-refractivity contribution is 0.246. The second-order valence-corrected chi connectivity index (χ2v) is 5.11. The van der Waals surface area contributed by atoms with Gasteiger partial charge in [-0.15, -0.1) is 0 Å². The first-order chi connectivity index (χ1) is 9.63. The third-order valence-corrected chi connectivity index (χ3v) is 3.49. The van der Waals surface area contributed by atoms with Crippen LogP contribution in [0.4, 0.5) is 11.5 Å². The standard InChI is InChI=1S/C14H15ClN4O/c1-8-12(16)13(19-14(15)18-8)17-7-10-6-9-4-2-3-5-11(9)20-10/h2-5,10H,6-7,16H2,1H3,(H,17,18,19). The van der Waals surface area contributed by atoms with Gasteiger partial charge in [0.25, 0.3) is 0 Å². The van der Waals surface area contributed by atoms with E-state index in [0.717, 1.165) is 12.2 Å². The maximum Gasteiger partial charge on any atom is 0.224 e. The number of hydrogen-bond acceptors (Lipinski definition) is 5. The van der Waals surface area contributed by atoms with Crippen LogP contribution >= 0.6 is 11.6 Å². The zero-order valence-electron chi connectivity index (χ0n) is 11.1. The van der Waals surface area contributed by atoms with Gasteiger partial charge in [-0.1, -0.05) is 18.2 Å². The molecule has 0 saturated heterocycles. The maximum atomic E-state index is 5.93. The van der Waals surface area contributed by atoms with Gasteiger partial charge in [-0.25, -0.2) is 4.98 Å². The quantitative estimate of drug-likeness (QED) is 0.850. The van der Waals surface area contributed by atoms with Crippen LogP contribution in [0.25, 0.3) is 0 Å². The van der Waals surface area contributed by atoms with E-state index in [1.165, 1.54) is 5.56 Å². The molecule has 0 bridgehead atoms. The Labute approximate surface area is 122 Å². The molecule has 0 radical (unpaired) electrons. The van der Waals surface area contributed by atoms with Crippen molar-refractivity contribution in [2.45, 2.75) is 19.4 Å². The van der Waals surface area contributed by atoms with E-state index in [0.29, 0.717) is 23.7 Å². The van der Waals surface area contributed by atoms with Crippen molar-refractivity contribution in [3.63, 3.8) is 0 Å². The molecule has 2 aromatic rings. The lowest BCUT2D eigenvalue weighted by atomic mass is 10.1. The number of fused-ring (bicyclic) bond motifs is 1. The molecule has 6 heteroatoms. The van der Waals surface area contributed by atoms with Crippen LogP contribution in [0.3, 0.4) is 0 Å². The van der Waals surface area contributed by atoms with Crippen molar-refractivity contribution in [2.24, 2.45) is 0 Å². The minimum atomic E-state index is 0.0702. The fourth-order valence-electron chi connectivity index (χ4n) is 2.26. The Morgan fingerprint density at radius 3 is 3.00 bits per heavy atom. The molecule has 0 aliphatic carbocycles. The second-order valence-electron chi connectivity index (χ2n) is 4.77. The molecule has 0 fully saturated rings. The highest BCUT2D eigenvalue weighted by molar-refractivity contribution is 6.28. The van der Waals surface area contributed by atoms with Gasteiger partial charge in [0.1, 0.15) is 11.9 Å². The molecular weight excluding hydrogens is 276 g/mol. The number of aromatic nitrogens is 2. The number of para-hydroxylation sites is 1. The lowest BCUT2D eigenvalue weighted by Crippen LogP contribution is -2.25. The van der Waals surface area contributed by atoms with Crippen molar-refractivity contribution >= 4 is 23.1 Å². The third kappa shape index (κ3) is 2.49. The number of anilines is 2. The molecule has 1 aromatic heterocycles. The summed E-state index contributed by atoms with van der Waals surface area (Å²) in [5, 5.41) is 3.38. The summed E-state index contributed by atoms with van der Waals surface area (Å²) in [5.41, 5.74) is 8.35. The summed E-state index contributed by atoms with van der Waals surface area (Å²) < 4.78 is 5.85. The van der Waals surface area contributed by atoms with Gasteiger partial charge in [-0.3, -0.25) is 0 Å². The Morgan fingerprint density at radius 1 is 1.40 bits per heavy atom. The molecule has 3 N–H and O–H groups in total. The molecule has 1 aliphatic heterocycles. The minimum absolute atomic E-state index is 0.0702. The number of hydrogen-bond donors (Lipinski definition) is 2. The fourth-order valence-corrected chi connectivity index (χ4v) is 2.47. The van der Waals surface area contributed by atoms with E-state index in [4.69, 9.17) is 22.1 Å². The number of aryl methyl sites for hydroxylation is 1. The van der Waals surface area contributed by atoms with Gasteiger partial charge in [0, 0.05) is 6.42 Å². The fraction of sp³-hybridized carbons (Fsp3) is 0.286. The Hall–Kier alpha value is -2.01. The number of ether oxygens (including phenoxy) is 1. The molecule has 0 saturated carbocycles. The van der Waals surface area contributed by atoms with Gasteiger partial charge in [0.2, 0.25) is 5.28 Å². The van der Waals surface area contributed by atoms with Gasteiger partial charge < -0.3 is 15.8 Å². The Balaban J connectivity index is 1.67. The molecule has 2 heterocycles.